The van der Waals surface area contributed by atoms with Gasteiger partial charge in [0.15, 0.2) is 0 Å². The van der Waals surface area contributed by atoms with E-state index in [1.54, 1.807) is 21.8 Å². The molecule has 4 rings (SSSR count). The van der Waals surface area contributed by atoms with E-state index in [4.69, 9.17) is 11.6 Å². The number of hydrogen-bond acceptors (Lipinski definition) is 3. The first-order chi connectivity index (χ1) is 10.3. The molecule has 4 heteroatoms. The number of benzene rings is 1. The van der Waals surface area contributed by atoms with Crippen LogP contribution in [0.4, 0.5) is 0 Å². The fraction of sp³-hybridized carbons (Fsp3) is 0.294. The molecule has 1 aromatic carbocycles. The van der Waals surface area contributed by atoms with Crippen LogP contribution >= 0.6 is 34.3 Å². The zero-order chi connectivity index (χ0) is 14.2. The quantitative estimate of drug-likeness (QED) is 0.674. The Morgan fingerprint density at radius 3 is 2.86 bits per heavy atom. The second kappa shape index (κ2) is 5.73. The summed E-state index contributed by atoms with van der Waals surface area (Å²) in [5, 5.41) is 5.64. The minimum absolute atomic E-state index is 0.848. The molecule has 0 unspecified atom stereocenters. The fourth-order valence-electron chi connectivity index (χ4n) is 2.96. The van der Waals surface area contributed by atoms with Gasteiger partial charge >= 0.3 is 0 Å². The lowest BCUT2D eigenvalue weighted by molar-refractivity contribution is 0.708. The van der Waals surface area contributed by atoms with Crippen molar-refractivity contribution < 1.29 is 0 Å². The predicted octanol–water partition coefficient (Wildman–Crippen LogP) is 5.39. The molecule has 0 saturated carbocycles. The summed E-state index contributed by atoms with van der Waals surface area (Å²) in [4.78, 5) is 4.30. The molecule has 0 spiro atoms. The van der Waals surface area contributed by atoms with Crippen LogP contribution in [-0.2, 0) is 25.9 Å². The molecule has 0 fully saturated rings. The second-order valence-electron chi connectivity index (χ2n) is 5.45. The summed E-state index contributed by atoms with van der Waals surface area (Å²) < 4.78 is 1.27. The number of thiophene rings is 2. The van der Waals surface area contributed by atoms with Gasteiger partial charge in [-0.2, -0.15) is 0 Å². The number of rotatable bonds is 4. The lowest BCUT2D eigenvalue weighted by Crippen LogP contribution is -2.10. The molecule has 1 N–H and O–H groups in total. The Morgan fingerprint density at radius 2 is 2.00 bits per heavy atom. The van der Waals surface area contributed by atoms with Crippen LogP contribution in [0.3, 0.4) is 0 Å². The molecule has 1 nitrogen and oxygen atoms in total. The summed E-state index contributed by atoms with van der Waals surface area (Å²) in [7, 11) is 0. The summed E-state index contributed by atoms with van der Waals surface area (Å²) in [6.07, 6.45) is 3.89. The van der Waals surface area contributed by atoms with Crippen molar-refractivity contribution >= 4 is 44.4 Å². The predicted molar refractivity (Wildman–Crippen MR) is 93.7 cm³/mol. The Balaban J connectivity index is 1.44. The van der Waals surface area contributed by atoms with Crippen LogP contribution in [0, 0.1) is 0 Å². The van der Waals surface area contributed by atoms with Crippen LogP contribution in [-0.4, -0.2) is 0 Å². The maximum Gasteiger partial charge on any atom is 0.0636 e. The van der Waals surface area contributed by atoms with Gasteiger partial charge in [-0.25, -0.2) is 0 Å². The monoisotopic (exact) mass is 333 g/mol. The Labute approximate surface area is 137 Å². The Kier molecular flexibility index (Phi) is 3.76. The van der Waals surface area contributed by atoms with Crippen LogP contribution < -0.4 is 5.32 Å². The molecule has 0 amide bonds. The van der Waals surface area contributed by atoms with Gasteiger partial charge in [0.25, 0.3) is 0 Å². The van der Waals surface area contributed by atoms with Crippen LogP contribution in [0.15, 0.2) is 30.3 Å². The number of halogens is 1. The van der Waals surface area contributed by atoms with Gasteiger partial charge in [-0.3, -0.25) is 0 Å². The summed E-state index contributed by atoms with van der Waals surface area (Å²) in [6, 6.07) is 10.7. The SMILES string of the molecule is Clc1c(CNCc2cc3c(s2)CCC3)sc2ccccc12. The summed E-state index contributed by atoms with van der Waals surface area (Å²) >= 11 is 10.2. The van der Waals surface area contributed by atoms with E-state index in [0.717, 1.165) is 18.1 Å². The molecule has 2 aromatic heterocycles. The standard InChI is InChI=1S/C17H16ClNS2/c18-17-13-5-1-2-6-15(13)21-16(17)10-19-9-12-8-11-4-3-7-14(11)20-12/h1-2,5-6,8,19H,3-4,7,9-10H2. The molecule has 1 aliphatic carbocycles. The highest BCUT2D eigenvalue weighted by Crippen LogP contribution is 2.35. The molecular formula is C17H16ClNS2. The molecule has 21 heavy (non-hydrogen) atoms. The zero-order valence-electron chi connectivity index (χ0n) is 11.6. The highest BCUT2D eigenvalue weighted by Gasteiger charge is 2.15. The Hall–Kier alpha value is -0.870. The third-order valence-electron chi connectivity index (χ3n) is 3.98. The van der Waals surface area contributed by atoms with E-state index in [9.17, 15) is 0 Å². The van der Waals surface area contributed by atoms with Crippen molar-refractivity contribution in [2.75, 3.05) is 0 Å². The van der Waals surface area contributed by atoms with Gasteiger partial charge in [0, 0.05) is 37.8 Å². The Bertz CT molecular complexity index is 766. The number of hydrogen-bond donors (Lipinski definition) is 1. The maximum atomic E-state index is 6.47. The van der Waals surface area contributed by atoms with Gasteiger partial charge in [0.05, 0.1) is 5.02 Å². The average Bonchev–Trinajstić information content (AvgIpc) is 3.14. The van der Waals surface area contributed by atoms with Gasteiger partial charge in [0.1, 0.15) is 0 Å². The topological polar surface area (TPSA) is 12.0 Å². The van der Waals surface area contributed by atoms with Crippen molar-refractivity contribution in [3.8, 4) is 0 Å². The van der Waals surface area contributed by atoms with E-state index in [0.29, 0.717) is 0 Å². The third-order valence-corrected chi connectivity index (χ3v) is 6.94. The highest BCUT2D eigenvalue weighted by atomic mass is 35.5. The smallest absolute Gasteiger partial charge is 0.0636 e. The molecule has 1 aliphatic rings. The van der Waals surface area contributed by atoms with Gasteiger partial charge in [-0.1, -0.05) is 29.8 Å². The largest absolute Gasteiger partial charge is 0.307 e. The van der Waals surface area contributed by atoms with Crippen molar-refractivity contribution in [2.24, 2.45) is 0 Å². The van der Waals surface area contributed by atoms with Crippen LogP contribution in [0.1, 0.15) is 26.6 Å². The van der Waals surface area contributed by atoms with Gasteiger partial charge in [-0.15, -0.1) is 22.7 Å². The number of aryl methyl sites for hydroxylation is 2. The van der Waals surface area contributed by atoms with E-state index in [-0.39, 0.29) is 0 Å². The van der Waals surface area contributed by atoms with Crippen LogP contribution in [0.5, 0.6) is 0 Å². The van der Waals surface area contributed by atoms with Gasteiger partial charge < -0.3 is 5.32 Å². The average molecular weight is 334 g/mol. The van der Waals surface area contributed by atoms with Crippen molar-refractivity contribution in [1.29, 1.82) is 0 Å². The molecule has 0 saturated heterocycles. The second-order valence-corrected chi connectivity index (χ2v) is 8.19. The molecule has 0 atom stereocenters. The number of fused-ring (bicyclic) bond motifs is 2. The molecular weight excluding hydrogens is 318 g/mol. The van der Waals surface area contributed by atoms with Crippen molar-refractivity contribution in [3.63, 3.8) is 0 Å². The Morgan fingerprint density at radius 1 is 1.10 bits per heavy atom. The van der Waals surface area contributed by atoms with Crippen molar-refractivity contribution in [2.45, 2.75) is 32.4 Å². The first kappa shape index (κ1) is 13.8. The van der Waals surface area contributed by atoms with Crippen LogP contribution in [0.2, 0.25) is 5.02 Å². The first-order valence-corrected chi connectivity index (χ1v) is 9.29. The summed E-state index contributed by atoms with van der Waals surface area (Å²) in [6.45, 7) is 1.79. The summed E-state index contributed by atoms with van der Waals surface area (Å²) in [5.41, 5.74) is 1.58. The highest BCUT2D eigenvalue weighted by molar-refractivity contribution is 7.19. The van der Waals surface area contributed by atoms with Crippen molar-refractivity contribution in [1.82, 2.24) is 5.32 Å². The van der Waals surface area contributed by atoms with Gasteiger partial charge in [0.2, 0.25) is 0 Å². The van der Waals surface area contributed by atoms with E-state index in [1.807, 2.05) is 17.4 Å². The first-order valence-electron chi connectivity index (χ1n) is 7.28. The van der Waals surface area contributed by atoms with E-state index in [2.05, 4.69) is 29.6 Å². The lowest BCUT2D eigenvalue weighted by atomic mass is 10.2. The van der Waals surface area contributed by atoms with Crippen LogP contribution in [0.25, 0.3) is 10.1 Å². The lowest BCUT2D eigenvalue weighted by Gasteiger charge is -2.01. The molecule has 3 aromatic rings. The third kappa shape index (κ3) is 2.64. The van der Waals surface area contributed by atoms with E-state index < -0.39 is 0 Å². The van der Waals surface area contributed by atoms with E-state index >= 15 is 0 Å². The fourth-order valence-corrected chi connectivity index (χ4v) is 5.66. The molecule has 0 bridgehead atoms. The minimum Gasteiger partial charge on any atom is -0.307 e. The molecule has 2 heterocycles. The minimum atomic E-state index is 0.848. The maximum absolute atomic E-state index is 6.47. The van der Waals surface area contributed by atoms with Gasteiger partial charge in [-0.05, 0) is 37.0 Å². The molecule has 0 aliphatic heterocycles. The summed E-state index contributed by atoms with van der Waals surface area (Å²) in [5.74, 6) is 0. The van der Waals surface area contributed by atoms with Crippen molar-refractivity contribution in [3.05, 3.63) is 55.5 Å². The normalized spacial score (nSPS) is 14.0. The zero-order valence-corrected chi connectivity index (χ0v) is 14.0. The molecule has 108 valence electrons. The molecule has 0 radical (unpaired) electrons. The number of nitrogens with one attached hydrogen (secondary N) is 1. The van der Waals surface area contributed by atoms with E-state index in [1.165, 1.54) is 39.1 Å².